The molecule has 0 aliphatic heterocycles. The zero-order valence-electron chi connectivity index (χ0n) is 14.1. The minimum Gasteiger partial charge on any atom is -0.395 e. The molecule has 1 amide bonds. The van der Waals surface area contributed by atoms with Crippen molar-refractivity contribution in [2.24, 2.45) is 0 Å². The van der Waals surface area contributed by atoms with Crippen molar-refractivity contribution in [1.82, 2.24) is 14.5 Å². The average Bonchev–Trinajstić information content (AvgIpc) is 2.67. The van der Waals surface area contributed by atoms with Gasteiger partial charge >= 0.3 is 5.69 Å². The molecule has 26 heavy (non-hydrogen) atoms. The van der Waals surface area contributed by atoms with Crippen LogP contribution in [-0.2, 0) is 24.4 Å². The van der Waals surface area contributed by atoms with Gasteiger partial charge in [0.2, 0.25) is 5.91 Å². The molecule has 0 spiro atoms. The van der Waals surface area contributed by atoms with Gasteiger partial charge in [-0.1, -0.05) is 42.5 Å². The van der Waals surface area contributed by atoms with E-state index in [2.05, 4.69) is 5.32 Å². The molecule has 0 atom stereocenters. The maximum atomic E-state index is 12.6. The Hall–Kier alpha value is -3.19. The van der Waals surface area contributed by atoms with Crippen molar-refractivity contribution >= 4 is 16.8 Å². The number of amides is 1. The van der Waals surface area contributed by atoms with Gasteiger partial charge in [0.05, 0.1) is 24.1 Å². The first-order chi connectivity index (χ1) is 12.6. The van der Waals surface area contributed by atoms with Gasteiger partial charge in [0.25, 0.3) is 5.56 Å². The molecule has 0 bridgehead atoms. The summed E-state index contributed by atoms with van der Waals surface area (Å²) >= 11 is 0. The van der Waals surface area contributed by atoms with Crippen molar-refractivity contribution in [2.75, 3.05) is 6.61 Å². The Morgan fingerprint density at radius 1 is 0.962 bits per heavy atom. The first-order valence-corrected chi connectivity index (χ1v) is 8.25. The minimum absolute atomic E-state index is 0.117. The molecular weight excluding hydrogens is 334 g/mol. The summed E-state index contributed by atoms with van der Waals surface area (Å²) in [5, 5.41) is 12.2. The van der Waals surface area contributed by atoms with Crippen molar-refractivity contribution in [3.63, 3.8) is 0 Å². The second-order valence-corrected chi connectivity index (χ2v) is 5.83. The van der Waals surface area contributed by atoms with E-state index in [-0.39, 0.29) is 25.6 Å². The van der Waals surface area contributed by atoms with Crippen LogP contribution in [0, 0.1) is 0 Å². The monoisotopic (exact) mass is 353 g/mol. The first kappa shape index (κ1) is 17.6. The highest BCUT2D eigenvalue weighted by molar-refractivity contribution is 5.81. The number of carbonyl (C=O) groups is 1. The molecule has 1 heterocycles. The Morgan fingerprint density at radius 2 is 1.65 bits per heavy atom. The minimum atomic E-state index is -0.613. The summed E-state index contributed by atoms with van der Waals surface area (Å²) in [5.74, 6) is -0.338. The highest BCUT2D eigenvalue weighted by Crippen LogP contribution is 2.07. The van der Waals surface area contributed by atoms with Crippen molar-refractivity contribution in [3.8, 4) is 0 Å². The lowest BCUT2D eigenvalue weighted by molar-refractivity contribution is -0.121. The molecule has 0 saturated carbocycles. The predicted octanol–water partition coefficient (Wildman–Crippen LogP) is 0.472. The van der Waals surface area contributed by atoms with Crippen LogP contribution < -0.4 is 16.6 Å². The third-order valence-corrected chi connectivity index (χ3v) is 4.09. The Bertz CT molecular complexity index is 1040. The fraction of sp³-hybridized carbons (Fsp3) is 0.211. The third-order valence-electron chi connectivity index (χ3n) is 4.09. The number of aliphatic hydroxyl groups is 1. The van der Waals surface area contributed by atoms with E-state index in [4.69, 9.17) is 5.11 Å². The van der Waals surface area contributed by atoms with Gasteiger partial charge in [-0.25, -0.2) is 4.79 Å². The van der Waals surface area contributed by atoms with Crippen LogP contribution in [0.5, 0.6) is 0 Å². The standard InChI is InChI=1S/C19H19N3O4/c23-11-10-21-18(25)15-8-4-5-9-16(15)22(19(21)26)13-17(24)20-12-14-6-2-1-3-7-14/h1-9,23H,10-13H2,(H,20,24). The van der Waals surface area contributed by atoms with E-state index in [1.165, 1.54) is 4.57 Å². The van der Waals surface area contributed by atoms with Crippen LogP contribution in [0.1, 0.15) is 5.56 Å². The van der Waals surface area contributed by atoms with Gasteiger partial charge in [0.1, 0.15) is 6.54 Å². The number of hydrogen-bond donors (Lipinski definition) is 2. The zero-order valence-corrected chi connectivity index (χ0v) is 14.1. The molecule has 7 nitrogen and oxygen atoms in total. The highest BCUT2D eigenvalue weighted by atomic mass is 16.3. The van der Waals surface area contributed by atoms with Gasteiger partial charge in [0, 0.05) is 6.54 Å². The third kappa shape index (κ3) is 3.57. The summed E-state index contributed by atoms with van der Waals surface area (Å²) in [7, 11) is 0. The molecular formula is C19H19N3O4. The van der Waals surface area contributed by atoms with Crippen LogP contribution in [0.3, 0.4) is 0 Å². The van der Waals surface area contributed by atoms with E-state index in [9.17, 15) is 14.4 Å². The van der Waals surface area contributed by atoms with Gasteiger partial charge in [-0.05, 0) is 17.7 Å². The molecule has 0 fully saturated rings. The van der Waals surface area contributed by atoms with E-state index in [1.807, 2.05) is 30.3 Å². The molecule has 2 N–H and O–H groups in total. The number of aromatic nitrogens is 2. The SMILES string of the molecule is O=C(Cn1c(=O)n(CCO)c(=O)c2ccccc21)NCc1ccccc1. The van der Waals surface area contributed by atoms with Gasteiger partial charge < -0.3 is 10.4 Å². The second-order valence-electron chi connectivity index (χ2n) is 5.83. The Labute approximate surface area is 149 Å². The molecule has 0 aliphatic rings. The van der Waals surface area contributed by atoms with Gasteiger partial charge in [-0.15, -0.1) is 0 Å². The first-order valence-electron chi connectivity index (χ1n) is 8.25. The summed E-state index contributed by atoms with van der Waals surface area (Å²) in [6.45, 7) is -0.317. The lowest BCUT2D eigenvalue weighted by Gasteiger charge is -2.13. The highest BCUT2D eigenvalue weighted by Gasteiger charge is 2.14. The van der Waals surface area contributed by atoms with Gasteiger partial charge in [-0.3, -0.25) is 18.7 Å². The molecule has 0 unspecified atom stereocenters. The van der Waals surface area contributed by atoms with Crippen LogP contribution >= 0.6 is 0 Å². The summed E-state index contributed by atoms with van der Waals surface area (Å²) < 4.78 is 2.21. The molecule has 2 aromatic carbocycles. The summed E-state index contributed by atoms with van der Waals surface area (Å²) in [6, 6.07) is 16.1. The van der Waals surface area contributed by atoms with Crippen molar-refractivity contribution in [3.05, 3.63) is 81.0 Å². The van der Waals surface area contributed by atoms with Crippen LogP contribution in [-0.4, -0.2) is 26.8 Å². The predicted molar refractivity (Wildman–Crippen MR) is 97.8 cm³/mol. The van der Waals surface area contributed by atoms with E-state index in [0.29, 0.717) is 17.4 Å². The molecule has 0 radical (unpaired) electrons. The molecule has 134 valence electrons. The Balaban J connectivity index is 1.92. The van der Waals surface area contributed by atoms with Crippen molar-refractivity contribution in [1.29, 1.82) is 0 Å². The second kappa shape index (κ2) is 7.79. The topological polar surface area (TPSA) is 93.3 Å². The number of nitrogens with zero attached hydrogens (tertiary/aromatic N) is 2. The lowest BCUT2D eigenvalue weighted by atomic mass is 10.2. The number of fused-ring (bicyclic) bond motifs is 1. The fourth-order valence-corrected chi connectivity index (χ4v) is 2.82. The Morgan fingerprint density at radius 3 is 2.38 bits per heavy atom. The number of para-hydroxylation sites is 1. The zero-order chi connectivity index (χ0) is 18.5. The van der Waals surface area contributed by atoms with E-state index >= 15 is 0 Å². The molecule has 1 aromatic heterocycles. The number of benzene rings is 2. The summed E-state index contributed by atoms with van der Waals surface area (Å²) in [4.78, 5) is 37.4. The smallest absolute Gasteiger partial charge is 0.332 e. The lowest BCUT2D eigenvalue weighted by Crippen LogP contribution is -2.43. The molecule has 3 rings (SSSR count). The molecule has 7 heteroatoms. The largest absolute Gasteiger partial charge is 0.395 e. The van der Waals surface area contributed by atoms with Crippen molar-refractivity contribution in [2.45, 2.75) is 19.6 Å². The maximum absolute atomic E-state index is 12.6. The Kier molecular flexibility index (Phi) is 5.28. The number of nitrogens with one attached hydrogen (secondary N) is 1. The average molecular weight is 353 g/mol. The van der Waals surface area contributed by atoms with E-state index in [0.717, 1.165) is 10.1 Å². The van der Waals surface area contributed by atoms with E-state index < -0.39 is 11.2 Å². The quantitative estimate of drug-likeness (QED) is 0.674. The number of carbonyl (C=O) groups excluding carboxylic acids is 1. The maximum Gasteiger partial charge on any atom is 0.332 e. The molecule has 3 aromatic rings. The molecule has 0 saturated heterocycles. The number of hydrogen-bond acceptors (Lipinski definition) is 4. The van der Waals surface area contributed by atoms with Crippen LogP contribution in [0.4, 0.5) is 0 Å². The summed E-state index contributed by atoms with van der Waals surface area (Å²) in [5.41, 5.74) is 0.257. The van der Waals surface area contributed by atoms with E-state index in [1.54, 1.807) is 24.3 Å². The van der Waals surface area contributed by atoms with Gasteiger partial charge in [0.15, 0.2) is 0 Å². The summed E-state index contributed by atoms with van der Waals surface area (Å²) in [6.07, 6.45) is 0. The molecule has 0 aliphatic carbocycles. The van der Waals surface area contributed by atoms with Crippen LogP contribution in [0.25, 0.3) is 10.9 Å². The normalized spacial score (nSPS) is 10.8. The number of aliphatic hydroxyl groups excluding tert-OH is 1. The van der Waals surface area contributed by atoms with Crippen molar-refractivity contribution < 1.29 is 9.90 Å². The van der Waals surface area contributed by atoms with Gasteiger partial charge in [-0.2, -0.15) is 0 Å². The number of rotatable bonds is 6. The van der Waals surface area contributed by atoms with Crippen LogP contribution in [0.2, 0.25) is 0 Å². The fourth-order valence-electron chi connectivity index (χ4n) is 2.82. The van der Waals surface area contributed by atoms with Crippen LogP contribution in [0.15, 0.2) is 64.2 Å².